The van der Waals surface area contributed by atoms with Crippen molar-refractivity contribution in [3.8, 4) is 0 Å². The molecular formula is C10H9F2N5O. The molecule has 94 valence electrons. The smallest absolute Gasteiger partial charge is 0.288 e. The van der Waals surface area contributed by atoms with Crippen molar-refractivity contribution in [1.29, 1.82) is 0 Å². The van der Waals surface area contributed by atoms with Gasteiger partial charge in [-0.2, -0.15) is 4.98 Å². The maximum atomic E-state index is 13.3. The van der Waals surface area contributed by atoms with Crippen molar-refractivity contribution < 1.29 is 13.6 Å². The van der Waals surface area contributed by atoms with Crippen molar-refractivity contribution in [1.82, 2.24) is 20.5 Å². The molecule has 0 aliphatic rings. The summed E-state index contributed by atoms with van der Waals surface area (Å²) in [6.45, 7) is -0.164. The van der Waals surface area contributed by atoms with Crippen LogP contribution in [-0.4, -0.2) is 21.1 Å². The fraction of sp³-hybridized carbons (Fsp3) is 0.100. The number of nitrogen functional groups attached to an aromatic ring is 1. The number of hydrogen-bond acceptors (Lipinski definition) is 4. The Balaban J connectivity index is 2.03. The van der Waals surface area contributed by atoms with Gasteiger partial charge < -0.3 is 11.1 Å². The number of aromatic nitrogens is 3. The van der Waals surface area contributed by atoms with Crippen molar-refractivity contribution in [2.24, 2.45) is 0 Å². The zero-order valence-corrected chi connectivity index (χ0v) is 9.08. The van der Waals surface area contributed by atoms with Crippen LogP contribution < -0.4 is 11.1 Å². The van der Waals surface area contributed by atoms with Crippen LogP contribution in [0.5, 0.6) is 0 Å². The molecule has 1 amide bonds. The number of nitrogens with one attached hydrogen (secondary N) is 2. The minimum absolute atomic E-state index is 0.0378. The van der Waals surface area contributed by atoms with Gasteiger partial charge in [-0.05, 0) is 18.2 Å². The highest BCUT2D eigenvalue weighted by Crippen LogP contribution is 2.09. The highest BCUT2D eigenvalue weighted by molar-refractivity contribution is 5.90. The zero-order chi connectivity index (χ0) is 13.1. The lowest BCUT2D eigenvalue weighted by molar-refractivity contribution is 0.0940. The van der Waals surface area contributed by atoms with E-state index in [1.807, 2.05) is 0 Å². The minimum Gasteiger partial charge on any atom is -0.366 e. The Morgan fingerprint density at radius 3 is 2.89 bits per heavy atom. The first-order chi connectivity index (χ1) is 8.56. The summed E-state index contributed by atoms with van der Waals surface area (Å²) in [6, 6.07) is 2.99. The summed E-state index contributed by atoms with van der Waals surface area (Å²) in [5.74, 6) is -1.96. The molecule has 0 spiro atoms. The van der Waals surface area contributed by atoms with Crippen LogP contribution in [0.2, 0.25) is 0 Å². The molecule has 0 aliphatic carbocycles. The molecule has 8 heteroatoms. The first-order valence-corrected chi connectivity index (χ1v) is 4.96. The molecule has 0 radical (unpaired) electrons. The number of hydrogen-bond donors (Lipinski definition) is 3. The predicted molar refractivity (Wildman–Crippen MR) is 58.3 cm³/mol. The Kier molecular flexibility index (Phi) is 3.18. The quantitative estimate of drug-likeness (QED) is 0.746. The normalized spacial score (nSPS) is 10.3. The standard InChI is InChI=1S/C10H9F2N5O/c11-6-1-2-7(12)5(3-6)4-14-9(18)8-15-10(13)17-16-8/h1-3H,4H2,(H,14,18)(H3,13,15,16,17). The number of halogens is 2. The third-order valence-corrected chi connectivity index (χ3v) is 2.16. The largest absolute Gasteiger partial charge is 0.366 e. The van der Waals surface area contributed by atoms with E-state index in [1.54, 1.807) is 0 Å². The maximum Gasteiger partial charge on any atom is 0.288 e. The number of rotatable bonds is 3. The Morgan fingerprint density at radius 2 is 2.22 bits per heavy atom. The van der Waals surface area contributed by atoms with E-state index < -0.39 is 17.5 Å². The van der Waals surface area contributed by atoms with Gasteiger partial charge in [0, 0.05) is 12.1 Å². The van der Waals surface area contributed by atoms with Gasteiger partial charge >= 0.3 is 0 Å². The Bertz CT molecular complexity index is 583. The molecule has 0 saturated carbocycles. The molecule has 0 aliphatic heterocycles. The van der Waals surface area contributed by atoms with E-state index in [-0.39, 0.29) is 23.9 Å². The molecule has 0 atom stereocenters. The van der Waals surface area contributed by atoms with Crippen LogP contribution in [0.4, 0.5) is 14.7 Å². The predicted octanol–water partition coefficient (Wildman–Crippen LogP) is 0.595. The summed E-state index contributed by atoms with van der Waals surface area (Å²) in [5, 5.41) is 8.13. The van der Waals surface area contributed by atoms with E-state index in [0.717, 1.165) is 18.2 Å². The van der Waals surface area contributed by atoms with Crippen LogP contribution in [0.1, 0.15) is 16.2 Å². The number of nitrogens with zero attached hydrogens (tertiary/aromatic N) is 2. The molecule has 2 aromatic rings. The Morgan fingerprint density at radius 1 is 1.44 bits per heavy atom. The summed E-state index contributed by atoms with van der Waals surface area (Å²) in [5.41, 5.74) is 5.26. The van der Waals surface area contributed by atoms with Crippen LogP contribution in [0.25, 0.3) is 0 Å². The van der Waals surface area contributed by atoms with Crippen molar-refractivity contribution >= 4 is 11.9 Å². The molecule has 0 bridgehead atoms. The molecular weight excluding hydrogens is 244 g/mol. The highest BCUT2D eigenvalue weighted by Gasteiger charge is 2.11. The molecule has 0 fully saturated rings. The van der Waals surface area contributed by atoms with Gasteiger partial charge in [0.15, 0.2) is 0 Å². The van der Waals surface area contributed by atoms with E-state index in [0.29, 0.717) is 0 Å². The summed E-state index contributed by atoms with van der Waals surface area (Å²) in [4.78, 5) is 15.1. The first-order valence-electron chi connectivity index (χ1n) is 4.96. The SMILES string of the molecule is Nc1n[nH]c(C(=O)NCc2cc(F)ccc2F)n1. The molecule has 6 nitrogen and oxygen atoms in total. The summed E-state index contributed by atoms with van der Waals surface area (Å²) in [7, 11) is 0. The molecule has 1 aromatic heterocycles. The topological polar surface area (TPSA) is 96.7 Å². The van der Waals surface area contributed by atoms with E-state index in [9.17, 15) is 13.6 Å². The van der Waals surface area contributed by atoms with Crippen LogP contribution in [0.3, 0.4) is 0 Å². The Hall–Kier alpha value is -2.51. The van der Waals surface area contributed by atoms with Crippen LogP contribution >= 0.6 is 0 Å². The average molecular weight is 253 g/mol. The fourth-order valence-corrected chi connectivity index (χ4v) is 1.31. The molecule has 2 rings (SSSR count). The Labute approximate surface area is 100 Å². The van der Waals surface area contributed by atoms with Gasteiger partial charge in [0.2, 0.25) is 11.8 Å². The number of nitrogens with two attached hydrogens (primary N) is 1. The van der Waals surface area contributed by atoms with Crippen LogP contribution in [0, 0.1) is 11.6 Å². The van der Waals surface area contributed by atoms with E-state index in [1.165, 1.54) is 0 Å². The molecule has 4 N–H and O–H groups in total. The molecule has 0 saturated heterocycles. The maximum absolute atomic E-state index is 13.3. The van der Waals surface area contributed by atoms with Crippen LogP contribution in [-0.2, 0) is 6.54 Å². The molecule has 1 aromatic carbocycles. The monoisotopic (exact) mass is 253 g/mol. The van der Waals surface area contributed by atoms with Crippen LogP contribution in [0.15, 0.2) is 18.2 Å². The summed E-state index contributed by atoms with van der Waals surface area (Å²) >= 11 is 0. The van der Waals surface area contributed by atoms with Gasteiger partial charge in [-0.25, -0.2) is 8.78 Å². The minimum atomic E-state index is -0.608. The lowest BCUT2D eigenvalue weighted by Crippen LogP contribution is -2.24. The summed E-state index contributed by atoms with van der Waals surface area (Å²) in [6.07, 6.45) is 0. The number of carbonyl (C=O) groups excluding carboxylic acids is 1. The van der Waals surface area contributed by atoms with E-state index in [4.69, 9.17) is 5.73 Å². The number of carbonyl (C=O) groups is 1. The van der Waals surface area contributed by atoms with Gasteiger partial charge in [0.25, 0.3) is 5.91 Å². The van der Waals surface area contributed by atoms with Gasteiger partial charge in [0.1, 0.15) is 11.6 Å². The number of benzene rings is 1. The average Bonchev–Trinajstić information content (AvgIpc) is 2.77. The van der Waals surface area contributed by atoms with E-state index in [2.05, 4.69) is 20.5 Å². The lowest BCUT2D eigenvalue weighted by atomic mass is 10.2. The second kappa shape index (κ2) is 4.78. The third kappa shape index (κ3) is 2.59. The van der Waals surface area contributed by atoms with Gasteiger partial charge in [-0.15, -0.1) is 5.10 Å². The van der Waals surface area contributed by atoms with Crippen molar-refractivity contribution in [3.05, 3.63) is 41.2 Å². The second-order valence-corrected chi connectivity index (χ2v) is 3.46. The third-order valence-electron chi connectivity index (χ3n) is 2.16. The van der Waals surface area contributed by atoms with Gasteiger partial charge in [0.05, 0.1) is 0 Å². The number of aromatic amines is 1. The second-order valence-electron chi connectivity index (χ2n) is 3.46. The molecule has 18 heavy (non-hydrogen) atoms. The number of anilines is 1. The number of amides is 1. The summed E-state index contributed by atoms with van der Waals surface area (Å²) < 4.78 is 26.1. The fourth-order valence-electron chi connectivity index (χ4n) is 1.31. The highest BCUT2D eigenvalue weighted by atomic mass is 19.1. The first kappa shape index (κ1) is 12.0. The van der Waals surface area contributed by atoms with Gasteiger partial charge in [-0.3, -0.25) is 9.89 Å². The molecule has 1 heterocycles. The molecule has 0 unspecified atom stereocenters. The zero-order valence-electron chi connectivity index (χ0n) is 9.08. The van der Waals surface area contributed by atoms with Crippen molar-refractivity contribution in [2.75, 3.05) is 5.73 Å². The van der Waals surface area contributed by atoms with Crippen molar-refractivity contribution in [3.63, 3.8) is 0 Å². The van der Waals surface area contributed by atoms with Crippen molar-refractivity contribution in [2.45, 2.75) is 6.54 Å². The van der Waals surface area contributed by atoms with E-state index >= 15 is 0 Å². The number of H-pyrrole nitrogens is 1. The van der Waals surface area contributed by atoms with Gasteiger partial charge in [-0.1, -0.05) is 0 Å². The lowest BCUT2D eigenvalue weighted by Gasteiger charge is -2.04.